The van der Waals surface area contributed by atoms with E-state index in [4.69, 9.17) is 4.74 Å². The van der Waals surface area contributed by atoms with Gasteiger partial charge in [-0.1, -0.05) is 6.08 Å². The van der Waals surface area contributed by atoms with Crippen molar-refractivity contribution < 1.29 is 4.74 Å². The van der Waals surface area contributed by atoms with Crippen molar-refractivity contribution in [2.45, 2.75) is 19.3 Å². The van der Waals surface area contributed by atoms with Gasteiger partial charge in [-0.2, -0.15) is 5.26 Å². The second-order valence-electron chi connectivity index (χ2n) is 4.83. The van der Waals surface area contributed by atoms with Gasteiger partial charge in [0.1, 0.15) is 18.4 Å². The van der Waals surface area contributed by atoms with Crippen molar-refractivity contribution in [2.75, 3.05) is 11.9 Å². The average Bonchev–Trinajstić information content (AvgIpc) is 3.18. The molecule has 106 valence electrons. The molecule has 1 aromatic heterocycles. The molecule has 1 heterocycles. The molecule has 1 N–H and O–H groups in total. The normalized spacial score (nSPS) is 13.6. The topological polar surface area (TPSA) is 57.9 Å². The van der Waals surface area contributed by atoms with Crippen LogP contribution in [0.25, 0.3) is 0 Å². The maximum Gasteiger partial charge on any atom is 0.187 e. The molecule has 0 fully saturated rings. The number of benzene rings is 1. The van der Waals surface area contributed by atoms with E-state index in [1.165, 1.54) is 23.3 Å². The van der Waals surface area contributed by atoms with Crippen molar-refractivity contribution in [1.82, 2.24) is 4.98 Å². The van der Waals surface area contributed by atoms with Crippen LogP contribution in [0.15, 0.2) is 41.4 Å². The number of hydrogen-bond donors (Lipinski definition) is 1. The monoisotopic (exact) mass is 297 g/mol. The number of nitriles is 1. The molecule has 1 aliphatic rings. The van der Waals surface area contributed by atoms with E-state index < -0.39 is 0 Å². The molecule has 4 nitrogen and oxygen atoms in total. The third-order valence-corrected chi connectivity index (χ3v) is 4.02. The standard InChI is InChI=1S/C16H15N3OS/c17-10-13-5-6-14(19-16-18-7-8-21-16)9-15(13)20-11-12-3-1-2-4-12/h3,5-9H,1-2,4,11H2,(H,18,19). The van der Waals surface area contributed by atoms with Crippen LogP contribution in [0.4, 0.5) is 10.8 Å². The second-order valence-corrected chi connectivity index (χ2v) is 5.72. The summed E-state index contributed by atoms with van der Waals surface area (Å²) >= 11 is 1.53. The van der Waals surface area contributed by atoms with Crippen LogP contribution in [0.5, 0.6) is 5.75 Å². The SMILES string of the molecule is N#Cc1ccc(Nc2nccs2)cc1OCC1=CCCC1. The largest absolute Gasteiger partial charge is 0.488 e. The van der Waals surface area contributed by atoms with Crippen LogP contribution >= 0.6 is 11.3 Å². The Morgan fingerprint density at radius 1 is 1.43 bits per heavy atom. The molecule has 0 aliphatic heterocycles. The van der Waals surface area contributed by atoms with Gasteiger partial charge in [-0.3, -0.25) is 0 Å². The fourth-order valence-electron chi connectivity index (χ4n) is 2.26. The second kappa shape index (κ2) is 6.42. The van der Waals surface area contributed by atoms with Gasteiger partial charge in [0, 0.05) is 23.3 Å². The minimum atomic E-state index is 0.554. The zero-order valence-electron chi connectivity index (χ0n) is 11.5. The first-order chi connectivity index (χ1) is 10.3. The summed E-state index contributed by atoms with van der Waals surface area (Å²) in [7, 11) is 0. The Balaban J connectivity index is 1.75. The Labute approximate surface area is 127 Å². The van der Waals surface area contributed by atoms with Crippen LogP contribution in [0.1, 0.15) is 24.8 Å². The van der Waals surface area contributed by atoms with Crippen molar-refractivity contribution in [3.05, 3.63) is 47.0 Å². The van der Waals surface area contributed by atoms with E-state index in [0.717, 1.165) is 23.7 Å². The van der Waals surface area contributed by atoms with Gasteiger partial charge in [-0.15, -0.1) is 11.3 Å². The smallest absolute Gasteiger partial charge is 0.187 e. The minimum absolute atomic E-state index is 0.554. The third kappa shape index (κ3) is 3.41. The average molecular weight is 297 g/mol. The molecule has 0 atom stereocenters. The van der Waals surface area contributed by atoms with Gasteiger partial charge in [0.25, 0.3) is 0 Å². The molecule has 2 aromatic rings. The van der Waals surface area contributed by atoms with Crippen LogP contribution in [-0.2, 0) is 0 Å². The molecule has 0 bridgehead atoms. The van der Waals surface area contributed by atoms with E-state index in [9.17, 15) is 5.26 Å². The first-order valence-corrected chi connectivity index (χ1v) is 7.74. The Morgan fingerprint density at radius 3 is 3.10 bits per heavy atom. The van der Waals surface area contributed by atoms with Gasteiger partial charge < -0.3 is 10.1 Å². The lowest BCUT2D eigenvalue weighted by atomic mass is 10.2. The Hall–Kier alpha value is -2.32. The van der Waals surface area contributed by atoms with E-state index in [0.29, 0.717) is 17.9 Å². The molecule has 0 saturated carbocycles. The number of nitrogens with one attached hydrogen (secondary N) is 1. The lowest BCUT2D eigenvalue weighted by Crippen LogP contribution is -2.02. The molecule has 1 aromatic carbocycles. The lowest BCUT2D eigenvalue weighted by Gasteiger charge is -2.11. The molecular formula is C16H15N3OS. The van der Waals surface area contributed by atoms with Gasteiger partial charge >= 0.3 is 0 Å². The fourth-order valence-corrected chi connectivity index (χ4v) is 2.81. The van der Waals surface area contributed by atoms with Crippen molar-refractivity contribution in [3.63, 3.8) is 0 Å². The summed E-state index contributed by atoms with van der Waals surface area (Å²) in [6.07, 6.45) is 7.41. The molecule has 1 aliphatic carbocycles. The molecular weight excluding hydrogens is 282 g/mol. The number of rotatable bonds is 5. The maximum absolute atomic E-state index is 9.18. The Kier molecular flexibility index (Phi) is 4.17. The highest BCUT2D eigenvalue weighted by molar-refractivity contribution is 7.13. The predicted octanol–water partition coefficient (Wildman–Crippen LogP) is 4.25. The zero-order valence-corrected chi connectivity index (χ0v) is 12.3. The summed E-state index contributed by atoms with van der Waals surface area (Å²) in [5, 5.41) is 15.1. The molecule has 0 saturated heterocycles. The number of thiazole rings is 1. The van der Waals surface area contributed by atoms with Gasteiger partial charge in [-0.05, 0) is 37.0 Å². The van der Waals surface area contributed by atoms with Crippen molar-refractivity contribution in [3.8, 4) is 11.8 Å². The Bertz CT molecular complexity index is 686. The summed E-state index contributed by atoms with van der Waals surface area (Å²) in [6.45, 7) is 0.565. The summed E-state index contributed by atoms with van der Waals surface area (Å²) in [6, 6.07) is 7.66. The highest BCUT2D eigenvalue weighted by Gasteiger charge is 2.09. The fraction of sp³-hybridized carbons (Fsp3) is 0.250. The van der Waals surface area contributed by atoms with Crippen LogP contribution in [-0.4, -0.2) is 11.6 Å². The number of nitrogens with zero attached hydrogens (tertiary/aromatic N) is 2. The van der Waals surface area contributed by atoms with Crippen LogP contribution < -0.4 is 10.1 Å². The highest BCUT2D eigenvalue weighted by Crippen LogP contribution is 2.27. The number of aromatic nitrogens is 1. The van der Waals surface area contributed by atoms with Crippen molar-refractivity contribution in [1.29, 1.82) is 5.26 Å². The molecule has 3 rings (SSSR count). The van der Waals surface area contributed by atoms with Gasteiger partial charge in [0.15, 0.2) is 5.13 Å². The minimum Gasteiger partial charge on any atom is -0.488 e. The van der Waals surface area contributed by atoms with E-state index in [-0.39, 0.29) is 0 Å². The van der Waals surface area contributed by atoms with Crippen molar-refractivity contribution in [2.24, 2.45) is 0 Å². The molecule has 0 amide bonds. The molecule has 5 heteroatoms. The van der Waals surface area contributed by atoms with Gasteiger partial charge in [-0.25, -0.2) is 4.98 Å². The molecule has 21 heavy (non-hydrogen) atoms. The molecule has 0 spiro atoms. The predicted molar refractivity (Wildman–Crippen MR) is 84.0 cm³/mol. The van der Waals surface area contributed by atoms with E-state index in [2.05, 4.69) is 22.4 Å². The summed E-state index contributed by atoms with van der Waals surface area (Å²) in [4.78, 5) is 4.19. The van der Waals surface area contributed by atoms with Crippen LogP contribution in [0.3, 0.4) is 0 Å². The van der Waals surface area contributed by atoms with E-state index in [1.807, 2.05) is 17.5 Å². The first-order valence-electron chi connectivity index (χ1n) is 6.86. The van der Waals surface area contributed by atoms with E-state index in [1.54, 1.807) is 12.3 Å². The third-order valence-electron chi connectivity index (χ3n) is 3.33. The number of anilines is 2. The van der Waals surface area contributed by atoms with Gasteiger partial charge in [0.2, 0.25) is 0 Å². The highest BCUT2D eigenvalue weighted by atomic mass is 32.1. The Morgan fingerprint density at radius 2 is 2.38 bits per heavy atom. The summed E-state index contributed by atoms with van der Waals surface area (Å²) < 4.78 is 5.82. The van der Waals surface area contributed by atoms with Crippen molar-refractivity contribution >= 4 is 22.2 Å². The molecule has 0 unspecified atom stereocenters. The molecule has 0 radical (unpaired) electrons. The number of allylic oxidation sites excluding steroid dienone is 1. The summed E-state index contributed by atoms with van der Waals surface area (Å²) in [5.74, 6) is 0.617. The van der Waals surface area contributed by atoms with E-state index >= 15 is 0 Å². The first kappa shape index (κ1) is 13.7. The zero-order chi connectivity index (χ0) is 14.5. The maximum atomic E-state index is 9.18. The quantitative estimate of drug-likeness (QED) is 0.838. The van der Waals surface area contributed by atoms with Crippen LogP contribution in [0.2, 0.25) is 0 Å². The lowest BCUT2D eigenvalue weighted by molar-refractivity contribution is 0.348. The summed E-state index contributed by atoms with van der Waals surface area (Å²) in [5.41, 5.74) is 2.75. The van der Waals surface area contributed by atoms with Crippen LogP contribution in [0, 0.1) is 11.3 Å². The number of hydrogen-bond acceptors (Lipinski definition) is 5. The number of ether oxygens (including phenoxy) is 1. The van der Waals surface area contributed by atoms with Gasteiger partial charge in [0.05, 0.1) is 5.56 Å².